The Bertz CT molecular complexity index is 393. The summed E-state index contributed by atoms with van der Waals surface area (Å²) in [6.07, 6.45) is 0. The van der Waals surface area contributed by atoms with Gasteiger partial charge in [0.15, 0.2) is 11.5 Å². The molecule has 0 aliphatic carbocycles. The van der Waals surface area contributed by atoms with Crippen molar-refractivity contribution in [3.63, 3.8) is 0 Å². The fourth-order valence-electron chi connectivity index (χ4n) is 2.21. The minimum atomic E-state index is 0.250. The number of hydrogen-bond acceptors (Lipinski definition) is 5. The van der Waals surface area contributed by atoms with Crippen LogP contribution in [0.15, 0.2) is 18.2 Å². The van der Waals surface area contributed by atoms with Gasteiger partial charge in [0.25, 0.3) is 0 Å². The largest absolute Gasteiger partial charge is 0.486 e. The average Bonchev–Trinajstić information content (AvgIpc) is 2.58. The van der Waals surface area contributed by atoms with E-state index in [-0.39, 0.29) is 6.61 Å². The number of fused-ring (bicyclic) bond motifs is 1. The number of nitrogens with zero attached hydrogens (tertiary/aromatic N) is 1. The highest BCUT2D eigenvalue weighted by atomic mass is 16.6. The van der Waals surface area contributed by atoms with Crippen molar-refractivity contribution in [2.45, 2.75) is 20.8 Å². The van der Waals surface area contributed by atoms with Crippen LogP contribution in [0.3, 0.4) is 0 Å². The van der Waals surface area contributed by atoms with Crippen LogP contribution in [0, 0.1) is 0 Å². The number of aliphatic hydroxyl groups excluding tert-OH is 1. The van der Waals surface area contributed by atoms with Gasteiger partial charge in [-0.15, -0.1) is 0 Å². The van der Waals surface area contributed by atoms with E-state index in [4.69, 9.17) is 14.6 Å². The maximum absolute atomic E-state index is 7.57. The highest BCUT2D eigenvalue weighted by Crippen LogP contribution is 2.39. The molecule has 2 N–H and O–H groups in total. The van der Waals surface area contributed by atoms with E-state index in [2.05, 4.69) is 16.3 Å². The van der Waals surface area contributed by atoms with Crippen LogP contribution in [0.1, 0.15) is 20.8 Å². The molecular weight excluding hydrogens is 268 g/mol. The topological polar surface area (TPSA) is 54.0 Å². The average molecular weight is 296 g/mol. The molecular formula is C16H28N2O3. The SMILES string of the molecule is CC.CCO.c1cc2c(c(N3CCNCC3)c1)OCCO2. The van der Waals surface area contributed by atoms with Crippen molar-refractivity contribution in [2.24, 2.45) is 0 Å². The lowest BCUT2D eigenvalue weighted by molar-refractivity contribution is 0.172. The van der Waals surface area contributed by atoms with Crippen molar-refractivity contribution in [3.8, 4) is 11.5 Å². The van der Waals surface area contributed by atoms with Crippen LogP contribution in [0.5, 0.6) is 11.5 Å². The third kappa shape index (κ3) is 5.10. The molecule has 0 saturated carbocycles. The summed E-state index contributed by atoms with van der Waals surface area (Å²) < 4.78 is 11.3. The summed E-state index contributed by atoms with van der Waals surface area (Å²) in [4.78, 5) is 2.35. The quantitative estimate of drug-likeness (QED) is 0.829. The number of piperazine rings is 1. The molecule has 1 fully saturated rings. The molecule has 1 aromatic carbocycles. The van der Waals surface area contributed by atoms with Crippen LogP contribution in [0.4, 0.5) is 5.69 Å². The summed E-state index contributed by atoms with van der Waals surface area (Å²) >= 11 is 0. The zero-order valence-corrected chi connectivity index (χ0v) is 13.4. The molecule has 120 valence electrons. The molecule has 5 nitrogen and oxygen atoms in total. The van der Waals surface area contributed by atoms with Crippen LogP contribution in [0.2, 0.25) is 0 Å². The number of aliphatic hydroxyl groups is 1. The van der Waals surface area contributed by atoms with Crippen molar-refractivity contribution >= 4 is 5.69 Å². The molecule has 1 saturated heterocycles. The van der Waals surface area contributed by atoms with E-state index >= 15 is 0 Å². The van der Waals surface area contributed by atoms with Gasteiger partial charge in [-0.3, -0.25) is 0 Å². The van der Waals surface area contributed by atoms with Crippen molar-refractivity contribution in [2.75, 3.05) is 50.9 Å². The van der Waals surface area contributed by atoms with Gasteiger partial charge in [0.05, 0.1) is 5.69 Å². The summed E-state index contributed by atoms with van der Waals surface area (Å²) in [5.74, 6) is 1.79. The van der Waals surface area contributed by atoms with Crippen molar-refractivity contribution in [3.05, 3.63) is 18.2 Å². The Morgan fingerprint density at radius 1 is 1.14 bits per heavy atom. The van der Waals surface area contributed by atoms with E-state index in [9.17, 15) is 0 Å². The first-order valence-electron chi connectivity index (χ1n) is 7.82. The van der Waals surface area contributed by atoms with Gasteiger partial charge in [0.2, 0.25) is 0 Å². The van der Waals surface area contributed by atoms with Crippen LogP contribution in [-0.4, -0.2) is 51.1 Å². The molecule has 5 heteroatoms. The van der Waals surface area contributed by atoms with Gasteiger partial charge in [-0.05, 0) is 19.1 Å². The maximum atomic E-state index is 7.57. The predicted octanol–water partition coefficient (Wildman–Crippen LogP) is 1.89. The Labute approximate surface area is 127 Å². The first-order valence-corrected chi connectivity index (χ1v) is 7.82. The fourth-order valence-corrected chi connectivity index (χ4v) is 2.21. The molecule has 0 unspecified atom stereocenters. The standard InChI is InChI=1S/C12H16N2O2.C2H6O.C2H6/c1-2-10(14-6-4-13-5-7-14)12-11(3-1)15-8-9-16-12;1-2-3;1-2/h1-3,13H,4-9H2;3H,2H2,1H3;1-2H3. The van der Waals surface area contributed by atoms with Crippen molar-refractivity contribution in [1.29, 1.82) is 0 Å². The Balaban J connectivity index is 0.000000395. The second-order valence-electron chi connectivity index (χ2n) is 4.35. The zero-order valence-electron chi connectivity index (χ0n) is 13.4. The number of benzene rings is 1. The third-order valence-electron chi connectivity index (χ3n) is 3.00. The van der Waals surface area contributed by atoms with Crippen LogP contribution >= 0.6 is 0 Å². The lowest BCUT2D eigenvalue weighted by Crippen LogP contribution is -2.43. The first kappa shape index (κ1) is 17.6. The number of ether oxygens (including phenoxy) is 2. The normalized spacial score (nSPS) is 16.1. The Morgan fingerprint density at radius 2 is 1.76 bits per heavy atom. The molecule has 0 amide bonds. The van der Waals surface area contributed by atoms with E-state index in [1.54, 1.807) is 6.92 Å². The number of anilines is 1. The Hall–Kier alpha value is -1.46. The van der Waals surface area contributed by atoms with E-state index in [0.717, 1.165) is 37.7 Å². The molecule has 2 heterocycles. The molecule has 1 aromatic rings. The fraction of sp³-hybridized carbons (Fsp3) is 0.625. The Kier molecular flexibility index (Phi) is 8.62. The summed E-state index contributed by atoms with van der Waals surface area (Å²) in [6.45, 7) is 11.3. The monoisotopic (exact) mass is 296 g/mol. The molecule has 0 atom stereocenters. The molecule has 0 bridgehead atoms. The maximum Gasteiger partial charge on any atom is 0.184 e. The van der Waals surface area contributed by atoms with Crippen LogP contribution in [0.25, 0.3) is 0 Å². The lowest BCUT2D eigenvalue weighted by atomic mass is 10.2. The molecule has 0 aromatic heterocycles. The van der Waals surface area contributed by atoms with Gasteiger partial charge in [0.1, 0.15) is 13.2 Å². The minimum Gasteiger partial charge on any atom is -0.486 e. The number of hydrogen-bond donors (Lipinski definition) is 2. The molecule has 3 rings (SSSR count). The summed E-state index contributed by atoms with van der Waals surface area (Å²) in [7, 11) is 0. The van der Waals surface area contributed by atoms with E-state index < -0.39 is 0 Å². The smallest absolute Gasteiger partial charge is 0.184 e. The molecule has 21 heavy (non-hydrogen) atoms. The number of para-hydroxylation sites is 1. The molecule has 0 radical (unpaired) electrons. The summed E-state index contributed by atoms with van der Waals surface area (Å²) in [5.41, 5.74) is 1.17. The van der Waals surface area contributed by atoms with Gasteiger partial charge in [-0.1, -0.05) is 19.9 Å². The summed E-state index contributed by atoms with van der Waals surface area (Å²) in [6, 6.07) is 6.11. The van der Waals surface area contributed by atoms with Crippen molar-refractivity contribution in [1.82, 2.24) is 5.32 Å². The third-order valence-corrected chi connectivity index (χ3v) is 3.00. The van der Waals surface area contributed by atoms with Gasteiger partial charge < -0.3 is 24.8 Å². The second kappa shape index (κ2) is 10.3. The molecule has 2 aliphatic rings. The van der Waals surface area contributed by atoms with Crippen molar-refractivity contribution < 1.29 is 14.6 Å². The zero-order chi connectivity index (χ0) is 15.5. The van der Waals surface area contributed by atoms with Crippen LogP contribution < -0.4 is 19.7 Å². The van der Waals surface area contributed by atoms with E-state index in [0.29, 0.717) is 13.2 Å². The van der Waals surface area contributed by atoms with E-state index in [1.165, 1.54) is 5.69 Å². The van der Waals surface area contributed by atoms with Gasteiger partial charge in [0, 0.05) is 32.8 Å². The summed E-state index contributed by atoms with van der Waals surface area (Å²) in [5, 5.41) is 10.9. The minimum absolute atomic E-state index is 0.250. The highest BCUT2D eigenvalue weighted by Gasteiger charge is 2.20. The number of nitrogens with one attached hydrogen (secondary N) is 1. The molecule has 2 aliphatic heterocycles. The van der Waals surface area contributed by atoms with Gasteiger partial charge >= 0.3 is 0 Å². The number of rotatable bonds is 1. The van der Waals surface area contributed by atoms with E-state index in [1.807, 2.05) is 26.0 Å². The Morgan fingerprint density at radius 3 is 2.43 bits per heavy atom. The molecule has 0 spiro atoms. The van der Waals surface area contributed by atoms with Gasteiger partial charge in [-0.25, -0.2) is 0 Å². The predicted molar refractivity (Wildman–Crippen MR) is 86.6 cm³/mol. The van der Waals surface area contributed by atoms with Crippen LogP contribution in [-0.2, 0) is 0 Å². The first-order chi connectivity index (χ1) is 10.4. The highest BCUT2D eigenvalue weighted by molar-refractivity contribution is 5.65. The second-order valence-corrected chi connectivity index (χ2v) is 4.35. The lowest BCUT2D eigenvalue weighted by Gasteiger charge is -2.32. The van der Waals surface area contributed by atoms with Gasteiger partial charge in [-0.2, -0.15) is 0 Å².